The molecular formula is C18H14N4O2. The van der Waals surface area contributed by atoms with Gasteiger partial charge >= 0.3 is 0 Å². The van der Waals surface area contributed by atoms with Gasteiger partial charge in [0.2, 0.25) is 0 Å². The second-order valence-electron chi connectivity index (χ2n) is 4.93. The average molecular weight is 318 g/mol. The molecule has 2 amide bonds. The first kappa shape index (κ1) is 15.4. The van der Waals surface area contributed by atoms with Gasteiger partial charge in [-0.2, -0.15) is 0 Å². The molecule has 0 aliphatic carbocycles. The molecular weight excluding hydrogens is 304 g/mol. The van der Waals surface area contributed by atoms with Crippen molar-refractivity contribution in [2.75, 3.05) is 10.6 Å². The largest absolute Gasteiger partial charge is 0.320 e. The van der Waals surface area contributed by atoms with Gasteiger partial charge in [-0.25, -0.2) is 0 Å². The number of carbonyl (C=O) groups excluding carboxylic acids is 2. The minimum Gasteiger partial charge on any atom is -0.320 e. The lowest BCUT2D eigenvalue weighted by Gasteiger charge is -2.12. The van der Waals surface area contributed by atoms with Crippen molar-refractivity contribution < 1.29 is 9.59 Å². The molecule has 24 heavy (non-hydrogen) atoms. The van der Waals surface area contributed by atoms with Crippen LogP contribution in [0.1, 0.15) is 20.7 Å². The van der Waals surface area contributed by atoms with Crippen LogP contribution in [0.3, 0.4) is 0 Å². The molecule has 0 aliphatic heterocycles. The second kappa shape index (κ2) is 7.15. The maximum atomic E-state index is 12.3. The van der Waals surface area contributed by atoms with Crippen molar-refractivity contribution in [1.82, 2.24) is 9.97 Å². The minimum absolute atomic E-state index is 0.275. The van der Waals surface area contributed by atoms with Crippen LogP contribution in [0, 0.1) is 0 Å². The van der Waals surface area contributed by atoms with Crippen LogP contribution in [0.15, 0.2) is 73.3 Å². The fourth-order valence-corrected chi connectivity index (χ4v) is 2.10. The summed E-state index contributed by atoms with van der Waals surface area (Å²) in [7, 11) is 0. The number of benzene rings is 1. The van der Waals surface area contributed by atoms with E-state index in [0.29, 0.717) is 22.5 Å². The smallest absolute Gasteiger partial charge is 0.255 e. The van der Waals surface area contributed by atoms with Crippen LogP contribution in [0.4, 0.5) is 11.4 Å². The predicted molar refractivity (Wildman–Crippen MR) is 90.8 cm³/mol. The van der Waals surface area contributed by atoms with Gasteiger partial charge < -0.3 is 10.6 Å². The Balaban J connectivity index is 1.78. The fourth-order valence-electron chi connectivity index (χ4n) is 2.10. The molecule has 2 aromatic heterocycles. The van der Waals surface area contributed by atoms with Crippen LogP contribution in [-0.2, 0) is 0 Å². The molecule has 3 aromatic rings. The highest BCUT2D eigenvalue weighted by atomic mass is 16.2. The predicted octanol–water partition coefficient (Wildman–Crippen LogP) is 2.98. The number of anilines is 2. The molecule has 2 N–H and O–H groups in total. The summed E-state index contributed by atoms with van der Waals surface area (Å²) in [6.45, 7) is 0. The molecule has 0 unspecified atom stereocenters. The van der Waals surface area contributed by atoms with Crippen LogP contribution in [-0.4, -0.2) is 21.8 Å². The lowest BCUT2D eigenvalue weighted by molar-refractivity contribution is 0.101. The van der Waals surface area contributed by atoms with Crippen molar-refractivity contribution in [3.8, 4) is 0 Å². The van der Waals surface area contributed by atoms with Gasteiger partial charge in [-0.1, -0.05) is 12.1 Å². The number of pyridine rings is 2. The molecule has 118 valence electrons. The molecule has 0 bridgehead atoms. The minimum atomic E-state index is -0.275. The summed E-state index contributed by atoms with van der Waals surface area (Å²) in [5.41, 5.74) is 2.00. The van der Waals surface area contributed by atoms with Gasteiger partial charge in [-0.15, -0.1) is 0 Å². The molecule has 6 heteroatoms. The zero-order valence-corrected chi connectivity index (χ0v) is 12.6. The first-order valence-electron chi connectivity index (χ1n) is 7.26. The zero-order chi connectivity index (χ0) is 16.8. The number of hydrogen-bond donors (Lipinski definition) is 2. The number of amides is 2. The van der Waals surface area contributed by atoms with Crippen molar-refractivity contribution in [3.63, 3.8) is 0 Å². The highest BCUT2D eigenvalue weighted by Crippen LogP contribution is 2.22. The Kier molecular flexibility index (Phi) is 4.57. The topological polar surface area (TPSA) is 84.0 Å². The van der Waals surface area contributed by atoms with Gasteiger partial charge in [0.15, 0.2) is 0 Å². The average Bonchev–Trinajstić information content (AvgIpc) is 2.64. The first-order valence-corrected chi connectivity index (χ1v) is 7.26. The van der Waals surface area contributed by atoms with Gasteiger partial charge in [0.05, 0.1) is 11.4 Å². The number of nitrogens with one attached hydrogen (secondary N) is 2. The quantitative estimate of drug-likeness (QED) is 0.774. The molecule has 0 saturated carbocycles. The normalized spacial score (nSPS) is 10.0. The van der Waals surface area contributed by atoms with E-state index >= 15 is 0 Å². The van der Waals surface area contributed by atoms with Gasteiger partial charge in [0.1, 0.15) is 0 Å². The Hall–Kier alpha value is -3.54. The van der Waals surface area contributed by atoms with E-state index in [-0.39, 0.29) is 11.8 Å². The Morgan fingerprint density at radius 1 is 0.625 bits per heavy atom. The van der Waals surface area contributed by atoms with Crippen LogP contribution < -0.4 is 10.6 Å². The van der Waals surface area contributed by atoms with E-state index in [9.17, 15) is 9.59 Å². The molecule has 0 aliphatic rings. The Labute approximate surface area is 138 Å². The molecule has 0 fully saturated rings. The highest BCUT2D eigenvalue weighted by Gasteiger charge is 2.11. The molecule has 0 atom stereocenters. The van der Waals surface area contributed by atoms with Crippen molar-refractivity contribution in [3.05, 3.63) is 84.4 Å². The van der Waals surface area contributed by atoms with Crippen molar-refractivity contribution >= 4 is 23.2 Å². The van der Waals surface area contributed by atoms with Crippen molar-refractivity contribution in [2.45, 2.75) is 0 Å². The standard InChI is InChI=1S/C18H14N4O2/c23-17(13-5-9-19-10-6-13)21-15-3-1-2-4-16(15)22-18(24)14-7-11-20-12-8-14/h1-12H,(H,21,23)(H,22,24). The Bertz CT molecular complexity index is 779. The van der Waals surface area contributed by atoms with Crippen LogP contribution >= 0.6 is 0 Å². The SMILES string of the molecule is O=C(Nc1ccccc1NC(=O)c1ccncc1)c1ccncc1. The maximum absolute atomic E-state index is 12.3. The lowest BCUT2D eigenvalue weighted by atomic mass is 10.2. The maximum Gasteiger partial charge on any atom is 0.255 e. The van der Waals surface area contributed by atoms with Crippen molar-refractivity contribution in [1.29, 1.82) is 0 Å². The Morgan fingerprint density at radius 2 is 1.00 bits per heavy atom. The number of para-hydroxylation sites is 2. The third-order valence-corrected chi connectivity index (χ3v) is 3.31. The van der Waals surface area contributed by atoms with Gasteiger partial charge in [0.25, 0.3) is 11.8 Å². The summed E-state index contributed by atoms with van der Waals surface area (Å²) >= 11 is 0. The summed E-state index contributed by atoms with van der Waals surface area (Å²) < 4.78 is 0. The zero-order valence-electron chi connectivity index (χ0n) is 12.6. The fraction of sp³-hybridized carbons (Fsp3) is 0. The summed E-state index contributed by atoms with van der Waals surface area (Å²) in [5, 5.41) is 5.58. The van der Waals surface area contributed by atoms with E-state index in [2.05, 4.69) is 20.6 Å². The lowest BCUT2D eigenvalue weighted by Crippen LogP contribution is -2.16. The monoisotopic (exact) mass is 318 g/mol. The third kappa shape index (κ3) is 3.61. The highest BCUT2D eigenvalue weighted by molar-refractivity contribution is 6.09. The summed E-state index contributed by atoms with van der Waals surface area (Å²) in [4.78, 5) is 32.3. The molecule has 6 nitrogen and oxygen atoms in total. The van der Waals surface area contributed by atoms with Crippen LogP contribution in [0.25, 0.3) is 0 Å². The molecule has 0 spiro atoms. The Morgan fingerprint density at radius 3 is 1.38 bits per heavy atom. The van der Waals surface area contributed by atoms with E-state index < -0.39 is 0 Å². The number of rotatable bonds is 4. The number of aromatic nitrogens is 2. The second-order valence-corrected chi connectivity index (χ2v) is 4.93. The van der Waals surface area contributed by atoms with E-state index in [0.717, 1.165) is 0 Å². The molecule has 2 heterocycles. The number of carbonyl (C=O) groups is 2. The van der Waals surface area contributed by atoms with Gasteiger partial charge in [0, 0.05) is 35.9 Å². The van der Waals surface area contributed by atoms with Gasteiger partial charge in [-0.3, -0.25) is 19.6 Å². The molecule has 0 saturated heterocycles. The molecule has 3 rings (SSSR count). The van der Waals surface area contributed by atoms with E-state index in [1.165, 1.54) is 0 Å². The summed E-state index contributed by atoms with van der Waals surface area (Å²) in [6.07, 6.45) is 6.19. The summed E-state index contributed by atoms with van der Waals surface area (Å²) in [5.74, 6) is -0.550. The third-order valence-electron chi connectivity index (χ3n) is 3.31. The van der Waals surface area contributed by atoms with Crippen LogP contribution in [0.2, 0.25) is 0 Å². The van der Waals surface area contributed by atoms with Crippen LogP contribution in [0.5, 0.6) is 0 Å². The van der Waals surface area contributed by atoms with E-state index in [4.69, 9.17) is 0 Å². The van der Waals surface area contributed by atoms with E-state index in [1.807, 2.05) is 0 Å². The van der Waals surface area contributed by atoms with Gasteiger partial charge in [-0.05, 0) is 36.4 Å². The number of nitrogens with zero attached hydrogens (tertiary/aromatic N) is 2. The molecule has 1 aromatic carbocycles. The number of hydrogen-bond acceptors (Lipinski definition) is 4. The van der Waals surface area contributed by atoms with E-state index in [1.54, 1.807) is 73.3 Å². The first-order chi connectivity index (χ1) is 11.7. The molecule has 0 radical (unpaired) electrons. The van der Waals surface area contributed by atoms with Crippen molar-refractivity contribution in [2.24, 2.45) is 0 Å². The summed E-state index contributed by atoms with van der Waals surface area (Å²) in [6, 6.07) is 13.5.